The van der Waals surface area contributed by atoms with Gasteiger partial charge in [-0.2, -0.15) is 10.4 Å². The summed E-state index contributed by atoms with van der Waals surface area (Å²) < 4.78 is 1.74. The molecular weight excluding hydrogens is 457 g/mol. The lowest BCUT2D eigenvalue weighted by atomic mass is 10.1. The summed E-state index contributed by atoms with van der Waals surface area (Å²) in [6.07, 6.45) is 8.23. The summed E-state index contributed by atoms with van der Waals surface area (Å²) in [6.45, 7) is 0. The number of nitrogens with one attached hydrogen (secondary N) is 1. The van der Waals surface area contributed by atoms with Crippen molar-refractivity contribution in [3.63, 3.8) is 0 Å². The summed E-state index contributed by atoms with van der Waals surface area (Å²) in [5.41, 5.74) is 3.52. The van der Waals surface area contributed by atoms with Crippen LogP contribution >= 0.6 is 23.2 Å². The van der Waals surface area contributed by atoms with Gasteiger partial charge in [-0.3, -0.25) is 9.78 Å². The zero-order valence-corrected chi connectivity index (χ0v) is 18.7. The second-order valence-electron chi connectivity index (χ2n) is 7.00. The Morgan fingerprint density at radius 1 is 1.09 bits per heavy atom. The van der Waals surface area contributed by atoms with Gasteiger partial charge >= 0.3 is 0 Å². The van der Waals surface area contributed by atoms with Crippen molar-refractivity contribution >= 4 is 35.2 Å². The largest absolute Gasteiger partial charge is 0.333 e. The average Bonchev–Trinajstić information content (AvgIpc) is 3.29. The molecule has 0 saturated carbocycles. The lowest BCUT2D eigenvalue weighted by Gasteiger charge is -2.12. The first kappa shape index (κ1) is 22.3. The Morgan fingerprint density at radius 3 is 2.64 bits per heavy atom. The first-order chi connectivity index (χ1) is 16.1. The van der Waals surface area contributed by atoms with E-state index in [1.807, 2.05) is 54.7 Å². The minimum atomic E-state index is -0.946. The third-order valence-electron chi connectivity index (χ3n) is 4.82. The Morgan fingerprint density at radius 2 is 1.91 bits per heavy atom. The Hall–Kier alpha value is -3.92. The van der Waals surface area contributed by atoms with Crippen LogP contribution in [0.3, 0.4) is 0 Å². The van der Waals surface area contributed by atoms with E-state index in [0.29, 0.717) is 16.3 Å². The molecule has 1 N–H and O–H groups in total. The Bertz CT molecular complexity index is 1340. The van der Waals surface area contributed by atoms with Crippen LogP contribution in [0.4, 0.5) is 0 Å². The number of amides is 1. The molecule has 0 aliphatic heterocycles. The molecule has 1 atom stereocenters. The highest BCUT2D eigenvalue weighted by Gasteiger charge is 2.17. The fourth-order valence-electron chi connectivity index (χ4n) is 3.23. The SMILES string of the molecule is N#CC(NC(=O)/C=C/c1cn(-c2ccccc2)nc1-c1cccnc1)c1cccc(Cl)c1Cl. The van der Waals surface area contributed by atoms with E-state index in [9.17, 15) is 10.1 Å². The van der Waals surface area contributed by atoms with Crippen LogP contribution in [0.2, 0.25) is 10.0 Å². The summed E-state index contributed by atoms with van der Waals surface area (Å²) in [5, 5.41) is 17.4. The second kappa shape index (κ2) is 10.1. The van der Waals surface area contributed by atoms with E-state index >= 15 is 0 Å². The molecular formula is C25H17Cl2N5O. The first-order valence-corrected chi connectivity index (χ1v) is 10.7. The average molecular weight is 474 g/mol. The van der Waals surface area contributed by atoms with Crippen LogP contribution < -0.4 is 5.32 Å². The predicted molar refractivity (Wildman–Crippen MR) is 129 cm³/mol. The van der Waals surface area contributed by atoms with Gasteiger partial charge in [-0.25, -0.2) is 4.68 Å². The molecule has 33 heavy (non-hydrogen) atoms. The van der Waals surface area contributed by atoms with Gasteiger partial charge in [0, 0.05) is 41.4 Å². The number of benzene rings is 2. The van der Waals surface area contributed by atoms with Crippen molar-refractivity contribution in [2.24, 2.45) is 0 Å². The number of carbonyl (C=O) groups excluding carboxylic acids is 1. The third kappa shape index (κ3) is 5.12. The molecule has 1 unspecified atom stereocenters. The maximum Gasteiger partial charge on any atom is 0.245 e. The van der Waals surface area contributed by atoms with Crippen LogP contribution in [0.5, 0.6) is 0 Å². The molecule has 2 aromatic heterocycles. The number of halogens is 2. The van der Waals surface area contributed by atoms with E-state index in [0.717, 1.165) is 16.8 Å². The number of carbonyl (C=O) groups is 1. The maximum absolute atomic E-state index is 12.6. The van der Waals surface area contributed by atoms with E-state index in [4.69, 9.17) is 23.2 Å². The number of aromatic nitrogens is 3. The topological polar surface area (TPSA) is 83.6 Å². The number of rotatable bonds is 6. The molecule has 2 heterocycles. The van der Waals surface area contributed by atoms with Crippen molar-refractivity contribution < 1.29 is 4.79 Å². The number of hydrogen-bond acceptors (Lipinski definition) is 4. The van der Waals surface area contributed by atoms with Crippen molar-refractivity contribution in [1.29, 1.82) is 5.26 Å². The molecule has 0 aliphatic carbocycles. The summed E-state index contributed by atoms with van der Waals surface area (Å²) in [6, 6.07) is 19.4. The molecule has 0 bridgehead atoms. The van der Waals surface area contributed by atoms with Crippen LogP contribution in [-0.4, -0.2) is 20.7 Å². The molecule has 0 radical (unpaired) electrons. The molecule has 162 valence electrons. The number of pyridine rings is 1. The molecule has 0 saturated heterocycles. The van der Waals surface area contributed by atoms with Gasteiger partial charge in [0.05, 0.1) is 21.8 Å². The van der Waals surface area contributed by atoms with Crippen LogP contribution in [-0.2, 0) is 4.79 Å². The molecule has 6 nitrogen and oxygen atoms in total. The van der Waals surface area contributed by atoms with Gasteiger partial charge in [0.15, 0.2) is 0 Å². The minimum Gasteiger partial charge on any atom is -0.333 e. The second-order valence-corrected chi connectivity index (χ2v) is 7.79. The number of nitrogens with zero attached hydrogens (tertiary/aromatic N) is 4. The van der Waals surface area contributed by atoms with Gasteiger partial charge in [0.25, 0.3) is 0 Å². The molecule has 0 spiro atoms. The van der Waals surface area contributed by atoms with Gasteiger partial charge in [-0.05, 0) is 36.4 Å². The van der Waals surface area contributed by atoms with Gasteiger partial charge in [0.1, 0.15) is 11.7 Å². The zero-order chi connectivity index (χ0) is 23.2. The van der Waals surface area contributed by atoms with Gasteiger partial charge in [0.2, 0.25) is 5.91 Å². The van der Waals surface area contributed by atoms with Crippen LogP contribution in [0.15, 0.2) is 85.3 Å². The zero-order valence-electron chi connectivity index (χ0n) is 17.2. The number of nitriles is 1. The van der Waals surface area contributed by atoms with Crippen molar-refractivity contribution in [3.05, 3.63) is 107 Å². The standard InChI is InChI=1S/C25H17Cl2N5O/c26-21-10-4-9-20(24(21)27)22(14-28)30-23(33)12-11-18-16-32(19-7-2-1-3-8-19)31-25(18)17-6-5-13-29-15-17/h1-13,15-16,22H,(H,30,33)/b12-11+. The molecule has 4 aromatic rings. The van der Waals surface area contributed by atoms with Crippen LogP contribution in [0.25, 0.3) is 23.0 Å². The first-order valence-electron chi connectivity index (χ1n) is 9.94. The molecule has 8 heteroatoms. The Balaban J connectivity index is 1.61. The highest BCUT2D eigenvalue weighted by molar-refractivity contribution is 6.42. The summed E-state index contributed by atoms with van der Waals surface area (Å²) in [5.74, 6) is -0.456. The smallest absolute Gasteiger partial charge is 0.245 e. The number of para-hydroxylation sites is 1. The predicted octanol–water partition coefficient (Wildman–Crippen LogP) is 5.64. The van der Waals surface area contributed by atoms with Crippen molar-refractivity contribution in [2.75, 3.05) is 0 Å². The minimum absolute atomic E-state index is 0.234. The van der Waals surface area contributed by atoms with Crippen molar-refractivity contribution in [3.8, 4) is 23.0 Å². The fourth-order valence-corrected chi connectivity index (χ4v) is 3.65. The monoisotopic (exact) mass is 473 g/mol. The Kier molecular flexibility index (Phi) is 6.84. The molecule has 2 aromatic carbocycles. The van der Waals surface area contributed by atoms with E-state index in [1.54, 1.807) is 41.4 Å². The van der Waals surface area contributed by atoms with Crippen LogP contribution in [0.1, 0.15) is 17.2 Å². The fraction of sp³-hybridized carbons (Fsp3) is 0.0400. The third-order valence-corrected chi connectivity index (χ3v) is 5.65. The summed E-state index contributed by atoms with van der Waals surface area (Å²) in [7, 11) is 0. The summed E-state index contributed by atoms with van der Waals surface area (Å²) in [4.78, 5) is 16.8. The lowest BCUT2D eigenvalue weighted by Crippen LogP contribution is -2.26. The number of hydrogen-bond donors (Lipinski definition) is 1. The quantitative estimate of drug-likeness (QED) is 0.367. The van der Waals surface area contributed by atoms with E-state index in [1.165, 1.54) is 6.08 Å². The Labute approximate surface area is 200 Å². The van der Waals surface area contributed by atoms with E-state index in [-0.39, 0.29) is 5.02 Å². The highest BCUT2D eigenvalue weighted by Crippen LogP contribution is 2.30. The lowest BCUT2D eigenvalue weighted by molar-refractivity contribution is -0.116. The normalized spacial score (nSPS) is 11.8. The van der Waals surface area contributed by atoms with Gasteiger partial charge in [-0.15, -0.1) is 0 Å². The van der Waals surface area contributed by atoms with Crippen molar-refractivity contribution in [1.82, 2.24) is 20.1 Å². The van der Waals surface area contributed by atoms with E-state index in [2.05, 4.69) is 15.4 Å². The highest BCUT2D eigenvalue weighted by atomic mass is 35.5. The summed E-state index contributed by atoms with van der Waals surface area (Å²) >= 11 is 12.2. The maximum atomic E-state index is 12.6. The van der Waals surface area contributed by atoms with Crippen LogP contribution in [0, 0.1) is 11.3 Å². The molecule has 0 aliphatic rings. The molecule has 4 rings (SSSR count). The van der Waals surface area contributed by atoms with Gasteiger partial charge in [-0.1, -0.05) is 53.5 Å². The van der Waals surface area contributed by atoms with Gasteiger partial charge < -0.3 is 5.32 Å². The van der Waals surface area contributed by atoms with Crippen molar-refractivity contribution in [2.45, 2.75) is 6.04 Å². The van der Waals surface area contributed by atoms with E-state index < -0.39 is 11.9 Å². The molecule has 0 fully saturated rings. The molecule has 1 amide bonds.